The number of anilines is 1. The number of hydrogen-bond donors (Lipinski definition) is 1. The van der Waals surface area contributed by atoms with Gasteiger partial charge in [0.1, 0.15) is 5.75 Å². The van der Waals surface area contributed by atoms with Gasteiger partial charge in [-0.2, -0.15) is 0 Å². The minimum Gasteiger partial charge on any atom is -0.495 e. The average Bonchev–Trinajstić information content (AvgIpc) is 2.75. The minimum atomic E-state index is 0.440. The maximum absolute atomic E-state index is 6.06. The molecule has 0 aliphatic rings. The summed E-state index contributed by atoms with van der Waals surface area (Å²) in [6.45, 7) is 2.04. The van der Waals surface area contributed by atoms with Crippen LogP contribution in [-0.2, 0) is 0 Å². The van der Waals surface area contributed by atoms with E-state index < -0.39 is 0 Å². The normalized spacial score (nSPS) is 10.9. The Morgan fingerprint density at radius 1 is 1.20 bits per heavy atom. The second kappa shape index (κ2) is 4.72. The molecule has 3 aromatic rings. The Hall–Kier alpha value is -2.20. The van der Waals surface area contributed by atoms with E-state index in [1.807, 2.05) is 35.8 Å². The number of imidazole rings is 1. The fourth-order valence-corrected chi connectivity index (χ4v) is 2.46. The smallest absolute Gasteiger partial charge is 0.205 e. The van der Waals surface area contributed by atoms with Crippen LogP contribution in [-0.4, -0.2) is 16.7 Å². The number of aryl methyl sites for hydroxylation is 1. The van der Waals surface area contributed by atoms with Crippen molar-refractivity contribution in [1.82, 2.24) is 9.55 Å². The fourth-order valence-electron chi connectivity index (χ4n) is 2.26. The molecule has 0 radical (unpaired) electrons. The molecule has 0 amide bonds. The summed E-state index contributed by atoms with van der Waals surface area (Å²) in [4.78, 5) is 4.38. The van der Waals surface area contributed by atoms with Gasteiger partial charge in [-0.25, -0.2) is 4.98 Å². The Bertz CT molecular complexity index is 795. The third kappa shape index (κ3) is 1.98. The van der Waals surface area contributed by atoms with Crippen LogP contribution in [0.1, 0.15) is 5.56 Å². The number of ether oxygens (including phenoxy) is 1. The highest BCUT2D eigenvalue weighted by Gasteiger charge is 2.12. The number of nitrogens with two attached hydrogens (primary N) is 1. The van der Waals surface area contributed by atoms with E-state index in [0.29, 0.717) is 16.7 Å². The molecule has 0 spiro atoms. The summed E-state index contributed by atoms with van der Waals surface area (Å²) in [6, 6.07) is 11.6. The average molecular weight is 288 g/mol. The van der Waals surface area contributed by atoms with Crippen LogP contribution in [0.5, 0.6) is 5.75 Å². The first-order valence-electron chi connectivity index (χ1n) is 6.18. The number of benzene rings is 2. The molecule has 0 saturated heterocycles. The summed E-state index contributed by atoms with van der Waals surface area (Å²) in [5.74, 6) is 1.05. The predicted molar refractivity (Wildman–Crippen MR) is 81.8 cm³/mol. The van der Waals surface area contributed by atoms with Crippen molar-refractivity contribution >= 4 is 28.6 Å². The molecule has 0 aliphatic carbocycles. The van der Waals surface area contributed by atoms with Crippen molar-refractivity contribution < 1.29 is 4.74 Å². The number of halogens is 1. The number of hydrogen-bond acceptors (Lipinski definition) is 3. The molecular formula is C15H14ClN3O. The molecule has 0 aliphatic heterocycles. The lowest BCUT2D eigenvalue weighted by atomic mass is 10.2. The predicted octanol–water partition coefficient (Wildman–Crippen LogP) is 3.58. The van der Waals surface area contributed by atoms with Crippen LogP contribution >= 0.6 is 11.6 Å². The first kappa shape index (κ1) is 12.8. The molecule has 20 heavy (non-hydrogen) atoms. The Labute approximate surface area is 121 Å². The van der Waals surface area contributed by atoms with Gasteiger partial charge in [0.15, 0.2) is 0 Å². The van der Waals surface area contributed by atoms with Gasteiger partial charge in [-0.1, -0.05) is 17.7 Å². The van der Waals surface area contributed by atoms with E-state index in [4.69, 9.17) is 22.1 Å². The Kier molecular flexibility index (Phi) is 3.03. The van der Waals surface area contributed by atoms with Gasteiger partial charge in [0.05, 0.1) is 28.9 Å². The van der Waals surface area contributed by atoms with Crippen LogP contribution < -0.4 is 10.5 Å². The van der Waals surface area contributed by atoms with E-state index in [2.05, 4.69) is 11.1 Å². The highest BCUT2D eigenvalue weighted by atomic mass is 35.5. The second-order valence-electron chi connectivity index (χ2n) is 4.62. The van der Waals surface area contributed by atoms with Crippen molar-refractivity contribution in [2.75, 3.05) is 12.8 Å². The zero-order chi connectivity index (χ0) is 14.3. The highest BCUT2D eigenvalue weighted by molar-refractivity contribution is 6.32. The second-order valence-corrected chi connectivity index (χ2v) is 5.02. The van der Waals surface area contributed by atoms with Gasteiger partial charge in [0.25, 0.3) is 0 Å². The SMILES string of the molecule is COc1cc(-n2c(N)nc3ccc(C)cc32)ccc1Cl. The van der Waals surface area contributed by atoms with Crippen LogP contribution in [0.4, 0.5) is 5.95 Å². The summed E-state index contributed by atoms with van der Waals surface area (Å²) >= 11 is 6.06. The molecule has 0 fully saturated rings. The van der Waals surface area contributed by atoms with E-state index >= 15 is 0 Å². The molecule has 0 atom stereocenters. The van der Waals surface area contributed by atoms with Crippen LogP contribution in [0, 0.1) is 6.92 Å². The minimum absolute atomic E-state index is 0.440. The van der Waals surface area contributed by atoms with Crippen molar-refractivity contribution in [3.05, 3.63) is 47.0 Å². The number of fused-ring (bicyclic) bond motifs is 1. The highest BCUT2D eigenvalue weighted by Crippen LogP contribution is 2.30. The van der Waals surface area contributed by atoms with Gasteiger partial charge in [-0.3, -0.25) is 4.57 Å². The van der Waals surface area contributed by atoms with E-state index in [1.54, 1.807) is 13.2 Å². The summed E-state index contributed by atoms with van der Waals surface area (Å²) < 4.78 is 7.14. The molecule has 5 heteroatoms. The molecular weight excluding hydrogens is 274 g/mol. The first-order chi connectivity index (χ1) is 9.60. The molecule has 2 N–H and O–H groups in total. The molecule has 1 heterocycles. The molecule has 0 unspecified atom stereocenters. The van der Waals surface area contributed by atoms with Gasteiger partial charge in [0, 0.05) is 6.07 Å². The third-order valence-electron chi connectivity index (χ3n) is 3.23. The molecule has 2 aromatic carbocycles. The van der Waals surface area contributed by atoms with E-state index in [-0.39, 0.29) is 0 Å². The summed E-state index contributed by atoms with van der Waals surface area (Å²) in [6.07, 6.45) is 0. The summed E-state index contributed by atoms with van der Waals surface area (Å²) in [5, 5.41) is 0.565. The summed E-state index contributed by atoms with van der Waals surface area (Å²) in [7, 11) is 1.59. The monoisotopic (exact) mass is 287 g/mol. The van der Waals surface area contributed by atoms with Crippen LogP contribution in [0.3, 0.4) is 0 Å². The lowest BCUT2D eigenvalue weighted by Gasteiger charge is -2.10. The van der Waals surface area contributed by atoms with Gasteiger partial charge >= 0.3 is 0 Å². The van der Waals surface area contributed by atoms with Gasteiger partial charge in [-0.15, -0.1) is 0 Å². The molecule has 4 nitrogen and oxygen atoms in total. The van der Waals surface area contributed by atoms with Crippen molar-refractivity contribution in [1.29, 1.82) is 0 Å². The topological polar surface area (TPSA) is 53.1 Å². The maximum Gasteiger partial charge on any atom is 0.205 e. The van der Waals surface area contributed by atoms with Crippen molar-refractivity contribution in [2.24, 2.45) is 0 Å². The zero-order valence-electron chi connectivity index (χ0n) is 11.2. The quantitative estimate of drug-likeness (QED) is 0.784. The Balaban J connectivity index is 2.28. The molecule has 1 aromatic heterocycles. The lowest BCUT2D eigenvalue weighted by molar-refractivity contribution is 0.415. The number of nitrogens with zero attached hydrogens (tertiary/aromatic N) is 2. The molecule has 102 valence electrons. The van der Waals surface area contributed by atoms with Crippen molar-refractivity contribution in [3.63, 3.8) is 0 Å². The van der Waals surface area contributed by atoms with E-state index in [9.17, 15) is 0 Å². The first-order valence-corrected chi connectivity index (χ1v) is 6.56. The zero-order valence-corrected chi connectivity index (χ0v) is 12.0. The van der Waals surface area contributed by atoms with Gasteiger partial charge in [0.2, 0.25) is 5.95 Å². The van der Waals surface area contributed by atoms with Gasteiger partial charge < -0.3 is 10.5 Å². The van der Waals surface area contributed by atoms with Crippen molar-refractivity contribution in [3.8, 4) is 11.4 Å². The number of rotatable bonds is 2. The van der Waals surface area contributed by atoms with Crippen LogP contribution in [0.2, 0.25) is 5.02 Å². The molecule has 0 bridgehead atoms. The van der Waals surface area contributed by atoms with Gasteiger partial charge in [-0.05, 0) is 36.8 Å². The largest absolute Gasteiger partial charge is 0.495 e. The van der Waals surface area contributed by atoms with Crippen LogP contribution in [0.15, 0.2) is 36.4 Å². The third-order valence-corrected chi connectivity index (χ3v) is 3.54. The van der Waals surface area contributed by atoms with Crippen LogP contribution in [0.25, 0.3) is 16.7 Å². The molecule has 0 saturated carbocycles. The number of nitrogen functional groups attached to an aromatic ring is 1. The Morgan fingerprint density at radius 3 is 2.75 bits per heavy atom. The number of methoxy groups -OCH3 is 1. The van der Waals surface area contributed by atoms with E-state index in [1.165, 1.54) is 0 Å². The standard InChI is InChI=1S/C15H14ClN3O/c1-9-3-6-12-13(7-9)19(15(17)18-12)10-4-5-11(16)14(8-10)20-2/h3-8H,1-2H3,(H2,17,18). The summed E-state index contributed by atoms with van der Waals surface area (Å²) in [5.41, 5.74) is 9.90. The Morgan fingerprint density at radius 2 is 2.00 bits per heavy atom. The number of aromatic nitrogens is 2. The maximum atomic E-state index is 6.06. The lowest BCUT2D eigenvalue weighted by Crippen LogP contribution is -2.01. The fraction of sp³-hybridized carbons (Fsp3) is 0.133. The van der Waals surface area contributed by atoms with Crippen molar-refractivity contribution in [2.45, 2.75) is 6.92 Å². The van der Waals surface area contributed by atoms with E-state index in [0.717, 1.165) is 22.3 Å². The molecule has 3 rings (SSSR count).